The minimum Gasteiger partial charge on any atom is -0.497 e. The smallest absolute Gasteiger partial charge is 0.119 e. The van der Waals surface area contributed by atoms with Gasteiger partial charge < -0.3 is 4.74 Å². The monoisotopic (exact) mass is 162 g/mol. The largest absolute Gasteiger partial charge is 0.497 e. The predicted molar refractivity (Wildman–Crippen MR) is 51.6 cm³/mol. The summed E-state index contributed by atoms with van der Waals surface area (Å²) in [5, 5.41) is 0. The van der Waals surface area contributed by atoms with Crippen LogP contribution < -0.4 is 4.74 Å². The molecule has 12 heavy (non-hydrogen) atoms. The molecule has 1 nitrogen and oxygen atoms in total. The van der Waals surface area contributed by atoms with Crippen LogP contribution in [0.5, 0.6) is 5.75 Å². The number of methoxy groups -OCH3 is 1. The van der Waals surface area contributed by atoms with E-state index in [1.54, 1.807) is 7.11 Å². The van der Waals surface area contributed by atoms with Crippen LogP contribution in [0.2, 0.25) is 0 Å². The van der Waals surface area contributed by atoms with Gasteiger partial charge in [-0.15, -0.1) is 6.58 Å². The summed E-state index contributed by atoms with van der Waals surface area (Å²) in [6.45, 7) is 5.86. The molecule has 0 saturated heterocycles. The topological polar surface area (TPSA) is 9.23 Å². The first kappa shape index (κ1) is 8.85. The third kappa shape index (κ3) is 1.88. The Morgan fingerprint density at radius 2 is 2.25 bits per heavy atom. The van der Waals surface area contributed by atoms with Gasteiger partial charge in [0.1, 0.15) is 5.75 Å². The Balaban J connectivity index is 2.93. The van der Waals surface area contributed by atoms with E-state index >= 15 is 0 Å². The number of ether oxygens (including phenoxy) is 1. The first-order valence-corrected chi connectivity index (χ1v) is 4.04. The summed E-state index contributed by atoms with van der Waals surface area (Å²) in [6, 6.07) is 8.05. The lowest BCUT2D eigenvalue weighted by Gasteiger charge is -2.07. The van der Waals surface area contributed by atoms with Gasteiger partial charge in [0.25, 0.3) is 0 Å². The summed E-state index contributed by atoms with van der Waals surface area (Å²) < 4.78 is 5.12. The Bertz CT molecular complexity index is 265. The van der Waals surface area contributed by atoms with Gasteiger partial charge in [-0.05, 0) is 23.6 Å². The lowest BCUT2D eigenvalue weighted by molar-refractivity contribution is 0.414. The lowest BCUT2D eigenvalue weighted by atomic mass is 10.0. The van der Waals surface area contributed by atoms with Gasteiger partial charge in [0, 0.05) is 0 Å². The first-order valence-electron chi connectivity index (χ1n) is 4.04. The molecule has 0 amide bonds. The third-order valence-corrected chi connectivity index (χ3v) is 1.97. The molecule has 1 atom stereocenters. The maximum atomic E-state index is 5.12. The number of allylic oxidation sites excluding steroid dienone is 1. The molecule has 0 aliphatic carbocycles. The van der Waals surface area contributed by atoms with Gasteiger partial charge in [-0.3, -0.25) is 0 Å². The van der Waals surface area contributed by atoms with E-state index in [1.807, 2.05) is 24.3 Å². The van der Waals surface area contributed by atoms with Crippen molar-refractivity contribution in [3.05, 3.63) is 42.5 Å². The lowest BCUT2D eigenvalue weighted by Crippen LogP contribution is -1.89. The van der Waals surface area contributed by atoms with Crippen molar-refractivity contribution < 1.29 is 4.74 Å². The van der Waals surface area contributed by atoms with Crippen LogP contribution in [0.3, 0.4) is 0 Å². The highest BCUT2D eigenvalue weighted by Crippen LogP contribution is 2.20. The molecule has 1 rings (SSSR count). The molecule has 0 spiro atoms. The van der Waals surface area contributed by atoms with Crippen LogP contribution in [0.25, 0.3) is 0 Å². The summed E-state index contributed by atoms with van der Waals surface area (Å²) in [7, 11) is 1.68. The maximum absolute atomic E-state index is 5.12. The molecular weight excluding hydrogens is 148 g/mol. The van der Waals surface area contributed by atoms with E-state index in [2.05, 4.69) is 19.6 Å². The molecule has 64 valence electrons. The molecule has 0 aliphatic heterocycles. The van der Waals surface area contributed by atoms with Crippen molar-refractivity contribution in [2.75, 3.05) is 7.11 Å². The summed E-state index contributed by atoms with van der Waals surface area (Å²) >= 11 is 0. The Morgan fingerprint density at radius 1 is 1.50 bits per heavy atom. The molecule has 0 heterocycles. The second kappa shape index (κ2) is 3.96. The molecule has 0 aliphatic rings. The number of benzene rings is 1. The minimum atomic E-state index is 0.389. The van der Waals surface area contributed by atoms with Crippen LogP contribution in [-0.4, -0.2) is 7.11 Å². The quantitative estimate of drug-likeness (QED) is 0.621. The van der Waals surface area contributed by atoms with Crippen molar-refractivity contribution in [2.24, 2.45) is 0 Å². The molecule has 0 radical (unpaired) electrons. The standard InChI is InChI=1S/C11H14O/c1-4-9(2)10-6-5-7-11(8-10)12-3/h4-9H,1H2,2-3H3. The molecule has 0 fully saturated rings. The Kier molecular flexibility index (Phi) is 2.92. The molecule has 1 aromatic rings. The van der Waals surface area contributed by atoms with E-state index in [0.29, 0.717) is 5.92 Å². The van der Waals surface area contributed by atoms with Gasteiger partial charge in [0.2, 0.25) is 0 Å². The number of hydrogen-bond donors (Lipinski definition) is 0. The van der Waals surface area contributed by atoms with Crippen LogP contribution in [-0.2, 0) is 0 Å². The Labute approximate surface area is 73.7 Å². The van der Waals surface area contributed by atoms with Gasteiger partial charge in [0.15, 0.2) is 0 Å². The van der Waals surface area contributed by atoms with E-state index in [1.165, 1.54) is 5.56 Å². The molecular formula is C11H14O. The highest BCUT2D eigenvalue weighted by atomic mass is 16.5. The second-order valence-corrected chi connectivity index (χ2v) is 2.80. The van der Waals surface area contributed by atoms with Crippen LogP contribution in [0.15, 0.2) is 36.9 Å². The molecule has 0 N–H and O–H groups in total. The van der Waals surface area contributed by atoms with Crippen molar-refractivity contribution in [3.63, 3.8) is 0 Å². The SMILES string of the molecule is C=CC(C)c1cccc(OC)c1. The molecule has 0 bridgehead atoms. The van der Waals surface area contributed by atoms with Gasteiger partial charge in [0.05, 0.1) is 7.11 Å². The average molecular weight is 162 g/mol. The van der Waals surface area contributed by atoms with E-state index < -0.39 is 0 Å². The van der Waals surface area contributed by atoms with Crippen LogP contribution in [0, 0.1) is 0 Å². The molecule has 1 heteroatoms. The van der Waals surface area contributed by atoms with Gasteiger partial charge in [-0.2, -0.15) is 0 Å². The number of hydrogen-bond acceptors (Lipinski definition) is 1. The van der Waals surface area contributed by atoms with Gasteiger partial charge in [-0.25, -0.2) is 0 Å². The summed E-state index contributed by atoms with van der Waals surface area (Å²) in [5.74, 6) is 1.29. The fraction of sp³-hybridized carbons (Fsp3) is 0.273. The summed E-state index contributed by atoms with van der Waals surface area (Å²) in [5.41, 5.74) is 1.24. The van der Waals surface area contributed by atoms with E-state index in [9.17, 15) is 0 Å². The fourth-order valence-corrected chi connectivity index (χ4v) is 1.06. The molecule has 1 aromatic carbocycles. The van der Waals surface area contributed by atoms with E-state index in [4.69, 9.17) is 4.74 Å². The zero-order chi connectivity index (χ0) is 8.97. The zero-order valence-electron chi connectivity index (χ0n) is 7.58. The predicted octanol–water partition coefficient (Wildman–Crippen LogP) is 2.98. The Hall–Kier alpha value is -1.24. The Morgan fingerprint density at radius 3 is 2.83 bits per heavy atom. The molecule has 0 aromatic heterocycles. The fourth-order valence-electron chi connectivity index (χ4n) is 1.06. The zero-order valence-corrected chi connectivity index (χ0v) is 7.58. The first-order chi connectivity index (χ1) is 5.77. The second-order valence-electron chi connectivity index (χ2n) is 2.80. The highest BCUT2D eigenvalue weighted by molar-refractivity contribution is 5.31. The normalized spacial score (nSPS) is 12.2. The van der Waals surface area contributed by atoms with E-state index in [0.717, 1.165) is 5.75 Å². The van der Waals surface area contributed by atoms with Crippen molar-refractivity contribution in [2.45, 2.75) is 12.8 Å². The molecule has 0 saturated carbocycles. The maximum Gasteiger partial charge on any atom is 0.119 e. The summed E-state index contributed by atoms with van der Waals surface area (Å²) in [6.07, 6.45) is 1.93. The van der Waals surface area contributed by atoms with E-state index in [-0.39, 0.29) is 0 Å². The van der Waals surface area contributed by atoms with Crippen LogP contribution in [0.4, 0.5) is 0 Å². The van der Waals surface area contributed by atoms with Crippen molar-refractivity contribution in [3.8, 4) is 5.75 Å². The number of rotatable bonds is 3. The summed E-state index contributed by atoms with van der Waals surface area (Å²) in [4.78, 5) is 0. The minimum absolute atomic E-state index is 0.389. The highest BCUT2D eigenvalue weighted by Gasteiger charge is 2.00. The van der Waals surface area contributed by atoms with Crippen LogP contribution in [0.1, 0.15) is 18.4 Å². The molecule has 1 unspecified atom stereocenters. The van der Waals surface area contributed by atoms with Gasteiger partial charge >= 0.3 is 0 Å². The van der Waals surface area contributed by atoms with Crippen molar-refractivity contribution >= 4 is 0 Å². The van der Waals surface area contributed by atoms with Crippen LogP contribution >= 0.6 is 0 Å². The third-order valence-electron chi connectivity index (χ3n) is 1.97. The van der Waals surface area contributed by atoms with Gasteiger partial charge in [-0.1, -0.05) is 25.1 Å². The van der Waals surface area contributed by atoms with Crippen molar-refractivity contribution in [1.82, 2.24) is 0 Å². The van der Waals surface area contributed by atoms with Crippen molar-refractivity contribution in [1.29, 1.82) is 0 Å². The average Bonchev–Trinajstić information content (AvgIpc) is 2.17.